The molecule has 1 aliphatic heterocycles. The molecular formula is C27H31N3O2. The van der Waals surface area contributed by atoms with Crippen molar-refractivity contribution in [1.29, 1.82) is 0 Å². The quantitative estimate of drug-likeness (QED) is 0.583. The molecule has 0 saturated carbocycles. The van der Waals surface area contributed by atoms with Crippen LogP contribution in [0, 0.1) is 13.8 Å². The minimum atomic E-state index is -0.493. The fraction of sp³-hybridized carbons (Fsp3) is 0.370. The van der Waals surface area contributed by atoms with Gasteiger partial charge in [0.25, 0.3) is 5.91 Å². The number of benzene rings is 1. The number of aryl methyl sites for hydroxylation is 2. The Morgan fingerprint density at radius 2 is 1.88 bits per heavy atom. The van der Waals surface area contributed by atoms with Crippen LogP contribution in [0.5, 0.6) is 0 Å². The molecule has 1 amide bonds. The second kappa shape index (κ2) is 9.21. The second-order valence-corrected chi connectivity index (χ2v) is 8.73. The summed E-state index contributed by atoms with van der Waals surface area (Å²) in [5, 5.41) is 10.4. The fourth-order valence-electron chi connectivity index (χ4n) is 4.61. The number of carbonyl (C=O) groups is 1. The van der Waals surface area contributed by atoms with Crippen molar-refractivity contribution in [2.75, 3.05) is 0 Å². The average molecular weight is 430 g/mol. The van der Waals surface area contributed by atoms with Gasteiger partial charge < -0.3 is 10.0 Å². The molecule has 5 heteroatoms. The first-order valence-electron chi connectivity index (χ1n) is 11.4. The Balaban J connectivity index is 1.55. The number of pyridine rings is 2. The minimum absolute atomic E-state index is 0.0297. The van der Waals surface area contributed by atoms with E-state index in [2.05, 4.69) is 29.0 Å². The van der Waals surface area contributed by atoms with E-state index >= 15 is 0 Å². The smallest absolute Gasteiger partial charge is 0.254 e. The standard InChI is InChI=1S/C27H31N3O2/c1-5-25(26(31)6-2)30-16-22-11-17(3)21(14-23(22)27(30)32)13-19-7-8-24(29-15-19)20-9-10-28-18(4)12-20/h7-12,14-15,25-26,31H,5-6,13,16H2,1-4H3/t25-,26-/m0/s1. The molecule has 5 nitrogen and oxygen atoms in total. The Labute approximate surface area is 190 Å². The molecule has 2 aromatic heterocycles. The third-order valence-corrected chi connectivity index (χ3v) is 6.49. The maximum Gasteiger partial charge on any atom is 0.254 e. The van der Waals surface area contributed by atoms with Crippen LogP contribution in [0.15, 0.2) is 48.8 Å². The Morgan fingerprint density at radius 1 is 1.06 bits per heavy atom. The van der Waals surface area contributed by atoms with E-state index in [-0.39, 0.29) is 11.9 Å². The van der Waals surface area contributed by atoms with Gasteiger partial charge in [-0.25, -0.2) is 0 Å². The molecule has 0 spiro atoms. The molecule has 0 saturated heterocycles. The summed E-state index contributed by atoms with van der Waals surface area (Å²) in [6.45, 7) is 8.64. The summed E-state index contributed by atoms with van der Waals surface area (Å²) < 4.78 is 0. The van der Waals surface area contributed by atoms with Crippen LogP contribution in [-0.2, 0) is 13.0 Å². The van der Waals surface area contributed by atoms with Crippen molar-refractivity contribution in [3.63, 3.8) is 0 Å². The van der Waals surface area contributed by atoms with Gasteiger partial charge in [0.1, 0.15) is 0 Å². The van der Waals surface area contributed by atoms with Crippen LogP contribution < -0.4 is 0 Å². The number of hydrogen-bond donors (Lipinski definition) is 1. The van der Waals surface area contributed by atoms with Crippen LogP contribution in [0.2, 0.25) is 0 Å². The molecule has 1 aliphatic rings. The Kier molecular flexibility index (Phi) is 6.38. The number of aliphatic hydroxyl groups is 1. The third kappa shape index (κ3) is 4.30. The van der Waals surface area contributed by atoms with Crippen LogP contribution >= 0.6 is 0 Å². The van der Waals surface area contributed by atoms with E-state index in [4.69, 9.17) is 0 Å². The van der Waals surface area contributed by atoms with E-state index in [1.807, 2.05) is 56.1 Å². The number of hydrogen-bond acceptors (Lipinski definition) is 4. The lowest BCUT2D eigenvalue weighted by Gasteiger charge is -2.30. The van der Waals surface area contributed by atoms with Crippen molar-refractivity contribution in [2.24, 2.45) is 0 Å². The monoisotopic (exact) mass is 429 g/mol. The van der Waals surface area contributed by atoms with Gasteiger partial charge in [0.05, 0.1) is 17.8 Å². The van der Waals surface area contributed by atoms with E-state index in [1.165, 1.54) is 5.56 Å². The van der Waals surface area contributed by atoms with Crippen molar-refractivity contribution >= 4 is 5.91 Å². The highest BCUT2D eigenvalue weighted by Gasteiger charge is 2.35. The molecule has 1 aromatic carbocycles. The molecule has 3 heterocycles. The molecule has 0 unspecified atom stereocenters. The second-order valence-electron chi connectivity index (χ2n) is 8.73. The van der Waals surface area contributed by atoms with Crippen LogP contribution in [0.25, 0.3) is 11.3 Å². The molecule has 0 bridgehead atoms. The number of aliphatic hydroxyl groups excluding tert-OH is 1. The fourth-order valence-corrected chi connectivity index (χ4v) is 4.61. The number of aromatic nitrogens is 2. The normalized spacial score (nSPS) is 15.0. The van der Waals surface area contributed by atoms with E-state index in [0.29, 0.717) is 13.0 Å². The molecule has 1 N–H and O–H groups in total. The molecule has 2 atom stereocenters. The van der Waals surface area contributed by atoms with Gasteiger partial charge in [-0.3, -0.25) is 14.8 Å². The number of fused-ring (bicyclic) bond motifs is 1. The molecule has 32 heavy (non-hydrogen) atoms. The zero-order valence-electron chi connectivity index (χ0n) is 19.3. The van der Waals surface area contributed by atoms with Crippen molar-refractivity contribution in [2.45, 2.75) is 65.6 Å². The molecule has 0 aliphatic carbocycles. The van der Waals surface area contributed by atoms with Gasteiger partial charge in [0.15, 0.2) is 0 Å². The van der Waals surface area contributed by atoms with Gasteiger partial charge in [0.2, 0.25) is 0 Å². The first-order chi connectivity index (χ1) is 15.4. The summed E-state index contributed by atoms with van der Waals surface area (Å²) in [7, 11) is 0. The van der Waals surface area contributed by atoms with Crippen LogP contribution in [0.3, 0.4) is 0 Å². The topological polar surface area (TPSA) is 66.3 Å². The lowest BCUT2D eigenvalue weighted by molar-refractivity contribution is 0.0347. The van der Waals surface area contributed by atoms with Crippen molar-refractivity contribution < 1.29 is 9.90 Å². The summed E-state index contributed by atoms with van der Waals surface area (Å²) >= 11 is 0. The van der Waals surface area contributed by atoms with Gasteiger partial charge in [-0.2, -0.15) is 0 Å². The first-order valence-corrected chi connectivity index (χ1v) is 11.4. The number of carbonyl (C=O) groups excluding carboxylic acids is 1. The van der Waals surface area contributed by atoms with Gasteiger partial charge in [-0.1, -0.05) is 26.0 Å². The minimum Gasteiger partial charge on any atom is -0.391 e. The summed E-state index contributed by atoms with van der Waals surface area (Å²) in [6, 6.07) is 12.2. The van der Waals surface area contributed by atoms with Crippen LogP contribution in [0.1, 0.15) is 65.0 Å². The predicted molar refractivity (Wildman–Crippen MR) is 126 cm³/mol. The Hall–Kier alpha value is -3.05. The molecule has 166 valence electrons. The lowest BCUT2D eigenvalue weighted by Crippen LogP contribution is -2.43. The molecule has 0 radical (unpaired) electrons. The van der Waals surface area contributed by atoms with Crippen molar-refractivity contribution in [3.8, 4) is 11.3 Å². The van der Waals surface area contributed by atoms with Crippen molar-refractivity contribution in [1.82, 2.24) is 14.9 Å². The van der Waals surface area contributed by atoms with Gasteiger partial charge in [-0.15, -0.1) is 0 Å². The Bertz CT molecular complexity index is 1120. The maximum absolute atomic E-state index is 13.2. The first kappa shape index (κ1) is 22.2. The average Bonchev–Trinajstić information content (AvgIpc) is 3.10. The molecule has 3 aromatic rings. The molecule has 0 fully saturated rings. The van der Waals surface area contributed by atoms with Gasteiger partial charge in [0, 0.05) is 35.8 Å². The summed E-state index contributed by atoms with van der Waals surface area (Å²) in [5.41, 5.74) is 8.20. The van der Waals surface area contributed by atoms with E-state index < -0.39 is 6.10 Å². The van der Waals surface area contributed by atoms with E-state index in [0.717, 1.165) is 52.0 Å². The number of rotatable bonds is 7. The predicted octanol–water partition coefficient (Wildman–Crippen LogP) is 4.86. The maximum atomic E-state index is 13.2. The largest absolute Gasteiger partial charge is 0.391 e. The zero-order valence-corrected chi connectivity index (χ0v) is 19.3. The van der Waals surface area contributed by atoms with Crippen LogP contribution in [-0.4, -0.2) is 38.0 Å². The van der Waals surface area contributed by atoms with Crippen LogP contribution in [0.4, 0.5) is 0 Å². The highest BCUT2D eigenvalue weighted by Crippen LogP contribution is 2.30. The van der Waals surface area contributed by atoms with E-state index in [9.17, 15) is 9.90 Å². The molecular weight excluding hydrogens is 398 g/mol. The SMILES string of the molecule is CC[C@H](O)[C@H](CC)N1Cc2cc(C)c(Cc3ccc(-c4ccnc(C)c4)nc3)cc2C1=O. The highest BCUT2D eigenvalue weighted by atomic mass is 16.3. The third-order valence-electron chi connectivity index (χ3n) is 6.49. The summed E-state index contributed by atoms with van der Waals surface area (Å²) in [4.78, 5) is 23.9. The van der Waals surface area contributed by atoms with Gasteiger partial charge in [-0.05, 0) is 79.6 Å². The summed E-state index contributed by atoms with van der Waals surface area (Å²) in [6.07, 6.45) is 5.34. The lowest BCUT2D eigenvalue weighted by atomic mass is 9.96. The Morgan fingerprint density at radius 3 is 2.53 bits per heavy atom. The zero-order chi connectivity index (χ0) is 22.8. The number of amides is 1. The summed E-state index contributed by atoms with van der Waals surface area (Å²) in [5.74, 6) is 0.0297. The highest BCUT2D eigenvalue weighted by molar-refractivity contribution is 5.99. The molecule has 4 rings (SSSR count). The van der Waals surface area contributed by atoms with E-state index in [1.54, 1.807) is 6.20 Å². The van der Waals surface area contributed by atoms with Crippen molar-refractivity contribution in [3.05, 3.63) is 82.3 Å². The number of nitrogens with zero attached hydrogens (tertiary/aromatic N) is 3. The van der Waals surface area contributed by atoms with Gasteiger partial charge >= 0.3 is 0 Å².